The van der Waals surface area contributed by atoms with Crippen LogP contribution < -0.4 is 9.46 Å². The van der Waals surface area contributed by atoms with Crippen LogP contribution in [-0.4, -0.2) is 32.6 Å². The molecular formula is C22H23NO5S. The van der Waals surface area contributed by atoms with Crippen LogP contribution >= 0.6 is 0 Å². The summed E-state index contributed by atoms with van der Waals surface area (Å²) in [6.07, 6.45) is 7.61. The molecule has 0 heterocycles. The zero-order chi connectivity index (χ0) is 20.7. The standard InChI is InChI=1S/C22H23NO5S/c24-21(25)16-28-22-19(11-10-18-8-4-5-9-20(18)22)12-14-23-29(26,27)15-13-17-6-2-1-3-7-17/h1-4,6-8,10-11,13,15,23H,5,9,12,14,16H2,(H,24,25). The van der Waals surface area contributed by atoms with Crippen molar-refractivity contribution in [2.45, 2.75) is 19.3 Å². The molecule has 0 atom stereocenters. The van der Waals surface area contributed by atoms with Crippen molar-refractivity contribution in [3.63, 3.8) is 0 Å². The van der Waals surface area contributed by atoms with Gasteiger partial charge in [0.05, 0.1) is 0 Å². The highest BCUT2D eigenvalue weighted by Crippen LogP contribution is 2.32. The van der Waals surface area contributed by atoms with Gasteiger partial charge in [0.25, 0.3) is 0 Å². The van der Waals surface area contributed by atoms with Crippen molar-refractivity contribution in [1.82, 2.24) is 4.72 Å². The molecule has 0 saturated heterocycles. The van der Waals surface area contributed by atoms with Crippen molar-refractivity contribution in [1.29, 1.82) is 0 Å². The van der Waals surface area contributed by atoms with Crippen molar-refractivity contribution in [3.8, 4) is 5.75 Å². The molecule has 0 fully saturated rings. The minimum Gasteiger partial charge on any atom is -0.481 e. The van der Waals surface area contributed by atoms with Gasteiger partial charge in [0.15, 0.2) is 6.61 Å². The quantitative estimate of drug-likeness (QED) is 0.658. The lowest BCUT2D eigenvalue weighted by Gasteiger charge is -2.19. The van der Waals surface area contributed by atoms with E-state index < -0.39 is 22.6 Å². The molecule has 2 aromatic rings. The molecule has 0 spiro atoms. The van der Waals surface area contributed by atoms with Crippen molar-refractivity contribution in [2.24, 2.45) is 0 Å². The van der Waals surface area contributed by atoms with Crippen LogP contribution in [0.5, 0.6) is 5.75 Å². The zero-order valence-corrected chi connectivity index (χ0v) is 16.7. The number of hydrogen-bond acceptors (Lipinski definition) is 4. The fourth-order valence-electron chi connectivity index (χ4n) is 3.16. The molecule has 0 amide bonds. The molecule has 2 N–H and O–H groups in total. The number of fused-ring (bicyclic) bond motifs is 1. The second-order valence-electron chi connectivity index (χ2n) is 6.65. The molecule has 3 rings (SSSR count). The van der Waals surface area contributed by atoms with Crippen molar-refractivity contribution in [2.75, 3.05) is 13.2 Å². The zero-order valence-electron chi connectivity index (χ0n) is 15.9. The number of rotatable bonds is 9. The molecule has 1 aliphatic rings. The smallest absolute Gasteiger partial charge is 0.341 e. The highest BCUT2D eigenvalue weighted by atomic mass is 32.2. The Balaban J connectivity index is 1.69. The van der Waals surface area contributed by atoms with Gasteiger partial charge in [-0.15, -0.1) is 0 Å². The summed E-state index contributed by atoms with van der Waals surface area (Å²) in [6.45, 7) is -0.252. The number of carbonyl (C=O) groups is 1. The van der Waals surface area contributed by atoms with E-state index in [0.717, 1.165) is 40.5 Å². The molecule has 29 heavy (non-hydrogen) atoms. The molecule has 0 aromatic heterocycles. The van der Waals surface area contributed by atoms with Crippen LogP contribution in [0, 0.1) is 0 Å². The average Bonchev–Trinajstić information content (AvgIpc) is 2.72. The third-order valence-electron chi connectivity index (χ3n) is 4.51. The summed E-state index contributed by atoms with van der Waals surface area (Å²) in [5.74, 6) is -0.500. The Morgan fingerprint density at radius 1 is 1.17 bits per heavy atom. The maximum absolute atomic E-state index is 12.2. The van der Waals surface area contributed by atoms with E-state index in [1.807, 2.05) is 48.5 Å². The van der Waals surface area contributed by atoms with E-state index in [4.69, 9.17) is 9.84 Å². The van der Waals surface area contributed by atoms with E-state index in [1.54, 1.807) is 0 Å². The maximum atomic E-state index is 12.2. The van der Waals surface area contributed by atoms with Crippen LogP contribution in [0.4, 0.5) is 0 Å². The third-order valence-corrected chi connectivity index (χ3v) is 5.61. The first-order valence-electron chi connectivity index (χ1n) is 9.33. The van der Waals surface area contributed by atoms with E-state index in [9.17, 15) is 13.2 Å². The second kappa shape index (κ2) is 9.54. The lowest BCUT2D eigenvalue weighted by Crippen LogP contribution is -2.24. The van der Waals surface area contributed by atoms with E-state index >= 15 is 0 Å². The van der Waals surface area contributed by atoms with Crippen LogP contribution in [0.3, 0.4) is 0 Å². The summed E-state index contributed by atoms with van der Waals surface area (Å²) in [7, 11) is -3.58. The topological polar surface area (TPSA) is 92.7 Å². The number of allylic oxidation sites excluding steroid dienone is 1. The number of nitrogens with one attached hydrogen (secondary N) is 1. The Kier molecular flexibility index (Phi) is 6.85. The first-order chi connectivity index (χ1) is 13.9. The largest absolute Gasteiger partial charge is 0.481 e. The van der Waals surface area contributed by atoms with Crippen LogP contribution in [0.15, 0.2) is 53.9 Å². The van der Waals surface area contributed by atoms with Gasteiger partial charge in [-0.25, -0.2) is 17.9 Å². The lowest BCUT2D eigenvalue weighted by atomic mass is 9.93. The van der Waals surface area contributed by atoms with E-state index in [2.05, 4.69) is 10.8 Å². The first-order valence-corrected chi connectivity index (χ1v) is 10.9. The highest BCUT2D eigenvalue weighted by Gasteiger charge is 2.17. The van der Waals surface area contributed by atoms with Crippen molar-refractivity contribution in [3.05, 3.63) is 76.2 Å². The summed E-state index contributed by atoms with van der Waals surface area (Å²) in [5, 5.41) is 10.1. The van der Waals surface area contributed by atoms with Crippen LogP contribution in [0.1, 0.15) is 28.7 Å². The number of carboxylic acids is 1. The van der Waals surface area contributed by atoms with Crippen LogP contribution in [0.25, 0.3) is 12.2 Å². The van der Waals surface area contributed by atoms with Crippen molar-refractivity contribution < 1.29 is 23.1 Å². The first kappa shape index (κ1) is 20.8. The Morgan fingerprint density at radius 3 is 2.72 bits per heavy atom. The Morgan fingerprint density at radius 2 is 1.97 bits per heavy atom. The monoisotopic (exact) mass is 413 g/mol. The Labute approximate surface area is 170 Å². The minimum absolute atomic E-state index is 0.180. The summed E-state index contributed by atoms with van der Waals surface area (Å²) in [4.78, 5) is 10.9. The number of carboxylic acid groups (broad SMARTS) is 1. The molecule has 0 radical (unpaired) electrons. The maximum Gasteiger partial charge on any atom is 0.341 e. The average molecular weight is 413 g/mol. The van der Waals surface area contributed by atoms with Gasteiger partial charge in [-0.2, -0.15) is 0 Å². The summed E-state index contributed by atoms with van der Waals surface area (Å²) in [5.41, 5.74) is 3.56. The van der Waals surface area contributed by atoms with Crippen LogP contribution in [-0.2, 0) is 27.7 Å². The second-order valence-corrected chi connectivity index (χ2v) is 8.30. The molecule has 1 aliphatic carbocycles. The van der Waals surface area contributed by atoms with Crippen molar-refractivity contribution >= 4 is 28.1 Å². The molecule has 2 aromatic carbocycles. The molecular weight excluding hydrogens is 390 g/mol. The van der Waals surface area contributed by atoms with Gasteiger partial charge >= 0.3 is 5.97 Å². The molecule has 0 saturated carbocycles. The third kappa shape index (κ3) is 6.04. The summed E-state index contributed by atoms with van der Waals surface area (Å²) >= 11 is 0. The molecule has 0 aliphatic heterocycles. The molecule has 152 valence electrons. The van der Waals surface area contributed by atoms with Gasteiger partial charge in [0, 0.05) is 17.5 Å². The molecule has 0 bridgehead atoms. The lowest BCUT2D eigenvalue weighted by molar-refractivity contribution is -0.139. The fraction of sp³-hybridized carbons (Fsp3) is 0.227. The Bertz CT molecular complexity index is 1030. The predicted octanol–water partition coefficient (Wildman–Crippen LogP) is 3.24. The van der Waals surface area contributed by atoms with Gasteiger partial charge in [-0.05, 0) is 42.0 Å². The Hall–Kier alpha value is -2.90. The molecule has 0 unspecified atom stereocenters. The SMILES string of the molecule is O=C(O)COc1c(CCNS(=O)(=O)C=Cc2ccccc2)ccc2c1CCC=C2. The van der Waals surface area contributed by atoms with E-state index in [1.165, 1.54) is 6.08 Å². The van der Waals surface area contributed by atoms with Gasteiger partial charge < -0.3 is 9.84 Å². The van der Waals surface area contributed by atoms with Gasteiger partial charge in [0.1, 0.15) is 5.75 Å². The van der Waals surface area contributed by atoms with Gasteiger partial charge in [-0.3, -0.25) is 0 Å². The number of hydrogen-bond donors (Lipinski definition) is 2. The highest BCUT2D eigenvalue weighted by molar-refractivity contribution is 7.92. The van der Waals surface area contributed by atoms with Gasteiger partial charge in [-0.1, -0.05) is 54.6 Å². The number of aliphatic carboxylic acids is 1. The van der Waals surface area contributed by atoms with Crippen LogP contribution in [0.2, 0.25) is 0 Å². The van der Waals surface area contributed by atoms with E-state index in [0.29, 0.717) is 12.2 Å². The number of ether oxygens (including phenoxy) is 1. The predicted molar refractivity (Wildman–Crippen MR) is 113 cm³/mol. The number of benzene rings is 2. The summed E-state index contributed by atoms with van der Waals surface area (Å²) < 4.78 is 32.5. The molecule has 6 nitrogen and oxygen atoms in total. The van der Waals surface area contributed by atoms with Gasteiger partial charge in [0.2, 0.25) is 10.0 Å². The molecule has 7 heteroatoms. The normalized spacial score (nSPS) is 13.4. The number of sulfonamides is 1. The fourth-order valence-corrected chi connectivity index (χ4v) is 3.98. The van der Waals surface area contributed by atoms with E-state index in [-0.39, 0.29) is 6.54 Å². The summed E-state index contributed by atoms with van der Waals surface area (Å²) in [6, 6.07) is 13.0. The minimum atomic E-state index is -3.58.